The molecule has 0 aliphatic rings. The van der Waals surface area contributed by atoms with Crippen LogP contribution < -0.4 is 11.1 Å². The highest BCUT2D eigenvalue weighted by molar-refractivity contribution is 5.99. The minimum atomic E-state index is -0.238. The van der Waals surface area contributed by atoms with Gasteiger partial charge in [0.15, 0.2) is 5.82 Å². The fourth-order valence-corrected chi connectivity index (χ4v) is 1.40. The summed E-state index contributed by atoms with van der Waals surface area (Å²) in [7, 11) is 3.18. The molecule has 2 amide bonds. The second kappa shape index (κ2) is 5.33. The van der Waals surface area contributed by atoms with Gasteiger partial charge in [-0.15, -0.1) is 0 Å². The third kappa shape index (κ3) is 2.96. The number of aryl methyl sites for hydroxylation is 1. The van der Waals surface area contributed by atoms with E-state index < -0.39 is 0 Å². The summed E-state index contributed by atoms with van der Waals surface area (Å²) in [6.07, 6.45) is 0.259. The van der Waals surface area contributed by atoms with Crippen molar-refractivity contribution in [2.24, 2.45) is 0 Å². The topological polar surface area (TPSA) is 104 Å². The molecule has 0 aromatic carbocycles. The largest absolute Gasteiger partial charge is 0.382 e. The van der Waals surface area contributed by atoms with Crippen LogP contribution in [0.25, 0.3) is 0 Å². The first-order valence-electron chi connectivity index (χ1n) is 5.23. The van der Waals surface area contributed by atoms with Gasteiger partial charge in [-0.2, -0.15) is 5.10 Å². The molecule has 1 aromatic heterocycles. The zero-order chi connectivity index (χ0) is 13.0. The molecule has 0 spiro atoms. The van der Waals surface area contributed by atoms with Gasteiger partial charge in [-0.05, 0) is 6.92 Å². The van der Waals surface area contributed by atoms with Gasteiger partial charge >= 0.3 is 0 Å². The van der Waals surface area contributed by atoms with Crippen molar-refractivity contribution in [3.05, 3.63) is 11.3 Å². The number of aromatic nitrogens is 2. The molecule has 1 heterocycles. The first kappa shape index (κ1) is 13.0. The number of rotatable bonds is 4. The number of H-pyrrole nitrogens is 1. The molecule has 0 atom stereocenters. The van der Waals surface area contributed by atoms with Gasteiger partial charge < -0.3 is 16.0 Å². The van der Waals surface area contributed by atoms with E-state index >= 15 is 0 Å². The van der Waals surface area contributed by atoms with Gasteiger partial charge in [0.05, 0.1) is 0 Å². The molecule has 0 radical (unpaired) electrons. The van der Waals surface area contributed by atoms with Crippen LogP contribution in [0.3, 0.4) is 0 Å². The van der Waals surface area contributed by atoms with Crippen molar-refractivity contribution in [3.63, 3.8) is 0 Å². The summed E-state index contributed by atoms with van der Waals surface area (Å²) in [5, 5.41) is 8.90. The maximum Gasteiger partial charge on any atom is 0.259 e. The second-order valence-corrected chi connectivity index (χ2v) is 3.76. The highest BCUT2D eigenvalue weighted by Gasteiger charge is 2.20. The molecule has 17 heavy (non-hydrogen) atoms. The molecule has 0 bridgehead atoms. The lowest BCUT2D eigenvalue weighted by Crippen LogP contribution is -2.31. The molecule has 1 rings (SSSR count). The first-order valence-corrected chi connectivity index (χ1v) is 5.23. The maximum atomic E-state index is 12.0. The van der Waals surface area contributed by atoms with E-state index in [2.05, 4.69) is 15.5 Å². The van der Waals surface area contributed by atoms with Crippen molar-refractivity contribution in [2.75, 3.05) is 26.4 Å². The molecule has 4 N–H and O–H groups in total. The van der Waals surface area contributed by atoms with Gasteiger partial charge in [-0.25, -0.2) is 0 Å². The van der Waals surface area contributed by atoms with Gasteiger partial charge in [0.25, 0.3) is 5.91 Å². The van der Waals surface area contributed by atoms with Gasteiger partial charge in [0.1, 0.15) is 5.56 Å². The number of hydrogen-bond acceptors (Lipinski definition) is 4. The molecule has 0 aliphatic carbocycles. The van der Waals surface area contributed by atoms with Crippen LogP contribution in [0.2, 0.25) is 0 Å². The third-order valence-corrected chi connectivity index (χ3v) is 2.49. The SMILES string of the molecule is CNC(=O)CCN(C)C(=O)c1c(N)n[nH]c1C. The third-order valence-electron chi connectivity index (χ3n) is 2.49. The number of carbonyl (C=O) groups excluding carboxylic acids is 2. The summed E-state index contributed by atoms with van der Waals surface area (Å²) in [5.74, 6) is -0.168. The van der Waals surface area contributed by atoms with E-state index in [-0.39, 0.29) is 24.1 Å². The summed E-state index contributed by atoms with van der Waals surface area (Å²) in [6.45, 7) is 2.06. The lowest BCUT2D eigenvalue weighted by Gasteiger charge is -2.16. The quantitative estimate of drug-likeness (QED) is 0.659. The molecule has 0 aliphatic heterocycles. The smallest absolute Gasteiger partial charge is 0.259 e. The number of amides is 2. The number of aromatic amines is 1. The molecule has 0 saturated carbocycles. The van der Waals surface area contributed by atoms with E-state index in [1.54, 1.807) is 21.0 Å². The molecular formula is C10H17N5O2. The molecule has 0 saturated heterocycles. The molecule has 7 heteroatoms. The van der Waals surface area contributed by atoms with E-state index in [0.29, 0.717) is 17.8 Å². The standard InChI is InChI=1S/C10H17N5O2/c1-6-8(9(11)14-13-6)10(17)15(3)5-4-7(16)12-2/h4-5H2,1-3H3,(H,12,16)(H3,11,13,14). The number of nitrogens with zero attached hydrogens (tertiary/aromatic N) is 2. The summed E-state index contributed by atoms with van der Waals surface area (Å²) < 4.78 is 0. The number of carbonyl (C=O) groups is 2. The number of nitrogens with two attached hydrogens (primary N) is 1. The normalized spacial score (nSPS) is 10.1. The van der Waals surface area contributed by atoms with Gasteiger partial charge in [0, 0.05) is 32.8 Å². The first-order chi connectivity index (χ1) is 7.97. The Balaban J connectivity index is 2.67. The van der Waals surface area contributed by atoms with Crippen molar-refractivity contribution < 1.29 is 9.59 Å². The van der Waals surface area contributed by atoms with Crippen molar-refractivity contribution >= 4 is 17.6 Å². The second-order valence-electron chi connectivity index (χ2n) is 3.76. The van der Waals surface area contributed by atoms with Crippen LogP contribution >= 0.6 is 0 Å². The Labute approximate surface area is 99.4 Å². The van der Waals surface area contributed by atoms with Gasteiger partial charge in [-0.3, -0.25) is 14.7 Å². The predicted molar refractivity (Wildman–Crippen MR) is 63.4 cm³/mol. The monoisotopic (exact) mass is 239 g/mol. The molecular weight excluding hydrogens is 222 g/mol. The Bertz CT molecular complexity index is 407. The molecule has 7 nitrogen and oxygen atoms in total. The van der Waals surface area contributed by atoms with E-state index in [1.165, 1.54) is 4.90 Å². The molecule has 1 aromatic rings. The Hall–Kier alpha value is -2.05. The van der Waals surface area contributed by atoms with Gasteiger partial charge in [-0.1, -0.05) is 0 Å². The lowest BCUT2D eigenvalue weighted by molar-refractivity contribution is -0.120. The average Bonchev–Trinajstić information content (AvgIpc) is 2.64. The van der Waals surface area contributed by atoms with Crippen LogP contribution in [-0.4, -0.2) is 47.6 Å². The Kier molecular flexibility index (Phi) is 4.08. The number of nitrogen functional groups attached to an aromatic ring is 1. The summed E-state index contributed by atoms with van der Waals surface area (Å²) in [6, 6.07) is 0. The Morgan fingerprint density at radius 2 is 2.18 bits per heavy atom. The van der Waals surface area contributed by atoms with Crippen molar-refractivity contribution in [3.8, 4) is 0 Å². The fourth-order valence-electron chi connectivity index (χ4n) is 1.40. The van der Waals surface area contributed by atoms with E-state index in [1.807, 2.05) is 0 Å². The lowest BCUT2D eigenvalue weighted by atomic mass is 10.2. The van der Waals surface area contributed by atoms with Crippen molar-refractivity contribution in [1.29, 1.82) is 0 Å². The van der Waals surface area contributed by atoms with E-state index in [4.69, 9.17) is 5.73 Å². The summed E-state index contributed by atoms with van der Waals surface area (Å²) in [4.78, 5) is 24.5. The van der Waals surface area contributed by atoms with E-state index in [9.17, 15) is 9.59 Å². The van der Waals surface area contributed by atoms with E-state index in [0.717, 1.165) is 0 Å². The zero-order valence-corrected chi connectivity index (χ0v) is 10.2. The highest BCUT2D eigenvalue weighted by atomic mass is 16.2. The van der Waals surface area contributed by atoms with Crippen LogP contribution in [0.15, 0.2) is 0 Å². The number of hydrogen-bond donors (Lipinski definition) is 3. The molecule has 0 fully saturated rings. The van der Waals surface area contributed by atoms with Crippen molar-refractivity contribution in [2.45, 2.75) is 13.3 Å². The minimum Gasteiger partial charge on any atom is -0.382 e. The van der Waals surface area contributed by atoms with Crippen LogP contribution in [0, 0.1) is 6.92 Å². The van der Waals surface area contributed by atoms with Crippen molar-refractivity contribution in [1.82, 2.24) is 20.4 Å². The average molecular weight is 239 g/mol. The molecule has 0 unspecified atom stereocenters. The zero-order valence-electron chi connectivity index (χ0n) is 10.2. The highest BCUT2D eigenvalue weighted by Crippen LogP contribution is 2.14. The van der Waals surface area contributed by atoms with Crippen LogP contribution in [0.4, 0.5) is 5.82 Å². The number of nitrogens with one attached hydrogen (secondary N) is 2. The Morgan fingerprint density at radius 3 is 2.65 bits per heavy atom. The fraction of sp³-hybridized carbons (Fsp3) is 0.500. The summed E-state index contributed by atoms with van der Waals surface area (Å²) >= 11 is 0. The number of anilines is 1. The van der Waals surface area contributed by atoms with Crippen LogP contribution in [0.1, 0.15) is 22.5 Å². The predicted octanol–water partition coefficient (Wildman–Crippen LogP) is -0.492. The van der Waals surface area contributed by atoms with Gasteiger partial charge in [0.2, 0.25) is 5.91 Å². The maximum absolute atomic E-state index is 12.0. The Morgan fingerprint density at radius 1 is 1.53 bits per heavy atom. The van der Waals surface area contributed by atoms with Crippen LogP contribution in [0.5, 0.6) is 0 Å². The summed E-state index contributed by atoms with van der Waals surface area (Å²) in [5.41, 5.74) is 6.58. The minimum absolute atomic E-state index is 0.110. The molecule has 94 valence electrons. The van der Waals surface area contributed by atoms with Crippen LogP contribution in [-0.2, 0) is 4.79 Å².